The first-order valence-corrected chi connectivity index (χ1v) is 8.09. The van der Waals surface area contributed by atoms with Gasteiger partial charge < -0.3 is 16.4 Å². The molecule has 5 nitrogen and oxygen atoms in total. The van der Waals surface area contributed by atoms with Gasteiger partial charge in [-0.3, -0.25) is 9.59 Å². The summed E-state index contributed by atoms with van der Waals surface area (Å²) in [6.45, 7) is 4.12. The molecule has 0 aliphatic heterocycles. The Morgan fingerprint density at radius 2 is 1.81 bits per heavy atom. The number of hydrogen-bond acceptors (Lipinski definition) is 4. The number of nitrogens with two attached hydrogens (primary N) is 1. The van der Waals surface area contributed by atoms with Crippen molar-refractivity contribution in [2.24, 2.45) is 11.7 Å². The minimum atomic E-state index is -0.586. The van der Waals surface area contributed by atoms with Crippen LogP contribution in [-0.4, -0.2) is 30.7 Å². The highest BCUT2D eigenvalue weighted by molar-refractivity contribution is 7.98. The number of carbonyl (C=O) groups excluding carboxylic acids is 2. The molecular weight excluding hydrogens is 286 g/mol. The number of hydrogen-bond donors (Lipinski definition) is 3. The monoisotopic (exact) mass is 309 g/mol. The average Bonchev–Trinajstić information content (AvgIpc) is 2.50. The number of amides is 2. The molecule has 1 rings (SSSR count). The van der Waals surface area contributed by atoms with Gasteiger partial charge in [-0.2, -0.15) is 0 Å². The second kappa shape index (κ2) is 8.69. The molecule has 116 valence electrons. The van der Waals surface area contributed by atoms with Gasteiger partial charge in [0.15, 0.2) is 0 Å². The lowest BCUT2D eigenvalue weighted by atomic mass is 10.1. The standard InChI is InChI=1S/C15H23N3O2S/c1-10(2)14(16)15(20)18-9-13(19)17-8-11-4-6-12(21-3)7-5-11/h4-7,10,14H,8-9,16H2,1-3H3,(H,17,19)(H,18,20)/t14-/m0/s1. The maximum Gasteiger partial charge on any atom is 0.239 e. The molecule has 0 aliphatic rings. The van der Waals surface area contributed by atoms with E-state index in [4.69, 9.17) is 5.73 Å². The van der Waals surface area contributed by atoms with E-state index in [0.717, 1.165) is 5.56 Å². The van der Waals surface area contributed by atoms with Gasteiger partial charge in [-0.15, -0.1) is 11.8 Å². The molecule has 0 unspecified atom stereocenters. The summed E-state index contributed by atoms with van der Waals surface area (Å²) in [6.07, 6.45) is 2.02. The van der Waals surface area contributed by atoms with Crippen LogP contribution >= 0.6 is 11.8 Å². The molecule has 0 spiro atoms. The zero-order chi connectivity index (χ0) is 15.8. The predicted molar refractivity (Wildman–Crippen MR) is 85.9 cm³/mol. The van der Waals surface area contributed by atoms with Crippen molar-refractivity contribution in [2.45, 2.75) is 31.3 Å². The number of rotatable bonds is 7. The van der Waals surface area contributed by atoms with Gasteiger partial charge in [-0.25, -0.2) is 0 Å². The van der Waals surface area contributed by atoms with E-state index in [1.807, 2.05) is 44.4 Å². The minimum absolute atomic E-state index is 0.0445. The lowest BCUT2D eigenvalue weighted by Crippen LogP contribution is -2.47. The van der Waals surface area contributed by atoms with E-state index in [1.54, 1.807) is 11.8 Å². The first-order chi connectivity index (χ1) is 9.93. The lowest BCUT2D eigenvalue weighted by Gasteiger charge is -2.15. The zero-order valence-corrected chi connectivity index (χ0v) is 13.5. The van der Waals surface area contributed by atoms with Gasteiger partial charge >= 0.3 is 0 Å². The van der Waals surface area contributed by atoms with Crippen LogP contribution in [0.1, 0.15) is 19.4 Å². The fraction of sp³-hybridized carbons (Fsp3) is 0.467. The van der Waals surface area contributed by atoms with Crippen molar-refractivity contribution in [3.63, 3.8) is 0 Å². The van der Waals surface area contributed by atoms with Crippen molar-refractivity contribution < 1.29 is 9.59 Å². The zero-order valence-electron chi connectivity index (χ0n) is 12.7. The third-order valence-electron chi connectivity index (χ3n) is 3.09. The maximum absolute atomic E-state index is 11.7. The summed E-state index contributed by atoms with van der Waals surface area (Å²) < 4.78 is 0. The van der Waals surface area contributed by atoms with Gasteiger partial charge in [0, 0.05) is 11.4 Å². The molecule has 0 saturated carbocycles. The first-order valence-electron chi connectivity index (χ1n) is 6.87. The SMILES string of the molecule is CSc1ccc(CNC(=O)CNC(=O)[C@@H](N)C(C)C)cc1. The van der Waals surface area contributed by atoms with Crippen LogP contribution in [-0.2, 0) is 16.1 Å². The summed E-state index contributed by atoms with van der Waals surface area (Å²) in [5.41, 5.74) is 6.71. The van der Waals surface area contributed by atoms with E-state index in [2.05, 4.69) is 10.6 Å². The Bertz CT molecular complexity index is 474. The van der Waals surface area contributed by atoms with Crippen LogP contribution in [0.5, 0.6) is 0 Å². The molecule has 1 aromatic rings. The number of carbonyl (C=O) groups is 2. The number of thioether (sulfide) groups is 1. The molecule has 0 fully saturated rings. The normalized spacial score (nSPS) is 12.0. The van der Waals surface area contributed by atoms with Crippen LogP contribution in [0.25, 0.3) is 0 Å². The maximum atomic E-state index is 11.7. The van der Waals surface area contributed by atoms with Gasteiger partial charge in [0.05, 0.1) is 12.6 Å². The summed E-state index contributed by atoms with van der Waals surface area (Å²) >= 11 is 1.67. The van der Waals surface area contributed by atoms with E-state index in [-0.39, 0.29) is 24.3 Å². The fourth-order valence-corrected chi connectivity index (χ4v) is 2.00. The van der Waals surface area contributed by atoms with Crippen LogP contribution in [0.15, 0.2) is 29.2 Å². The molecule has 21 heavy (non-hydrogen) atoms. The molecule has 0 heterocycles. The predicted octanol–water partition coefficient (Wildman–Crippen LogP) is 1.12. The highest BCUT2D eigenvalue weighted by Gasteiger charge is 2.17. The van der Waals surface area contributed by atoms with Crippen molar-refractivity contribution >= 4 is 23.6 Å². The van der Waals surface area contributed by atoms with Crippen LogP contribution in [0.3, 0.4) is 0 Å². The quantitative estimate of drug-likeness (QED) is 0.659. The molecule has 0 radical (unpaired) electrons. The first kappa shape index (κ1) is 17.5. The van der Waals surface area contributed by atoms with Gasteiger partial charge in [-0.05, 0) is 29.9 Å². The van der Waals surface area contributed by atoms with E-state index < -0.39 is 6.04 Å². The van der Waals surface area contributed by atoms with Crippen molar-refractivity contribution in [1.82, 2.24) is 10.6 Å². The third kappa shape index (κ3) is 6.18. The average molecular weight is 309 g/mol. The Morgan fingerprint density at radius 1 is 1.19 bits per heavy atom. The van der Waals surface area contributed by atoms with Crippen LogP contribution < -0.4 is 16.4 Å². The minimum Gasteiger partial charge on any atom is -0.350 e. The summed E-state index contributed by atoms with van der Waals surface area (Å²) in [4.78, 5) is 24.5. The Hall–Kier alpha value is -1.53. The second-order valence-corrected chi connectivity index (χ2v) is 5.99. The number of nitrogens with one attached hydrogen (secondary N) is 2. The highest BCUT2D eigenvalue weighted by atomic mass is 32.2. The summed E-state index contributed by atoms with van der Waals surface area (Å²) in [5.74, 6) is -0.485. The van der Waals surface area contributed by atoms with E-state index >= 15 is 0 Å². The summed E-state index contributed by atoms with van der Waals surface area (Å²) in [7, 11) is 0. The number of benzene rings is 1. The smallest absolute Gasteiger partial charge is 0.239 e. The Kier molecular flexibility index (Phi) is 7.25. The van der Waals surface area contributed by atoms with Gasteiger partial charge in [0.2, 0.25) is 11.8 Å². The Labute approximate surface area is 130 Å². The molecule has 0 aliphatic carbocycles. The van der Waals surface area contributed by atoms with Gasteiger partial charge in [-0.1, -0.05) is 26.0 Å². The molecule has 0 aromatic heterocycles. The molecule has 2 amide bonds. The molecule has 0 saturated heterocycles. The molecule has 1 aromatic carbocycles. The van der Waals surface area contributed by atoms with Crippen LogP contribution in [0.2, 0.25) is 0 Å². The molecular formula is C15H23N3O2S. The van der Waals surface area contributed by atoms with Crippen LogP contribution in [0.4, 0.5) is 0 Å². The van der Waals surface area contributed by atoms with Crippen molar-refractivity contribution in [3.05, 3.63) is 29.8 Å². The Balaban J connectivity index is 2.32. The molecule has 6 heteroatoms. The van der Waals surface area contributed by atoms with E-state index in [1.165, 1.54) is 4.90 Å². The molecule has 0 bridgehead atoms. The summed E-state index contributed by atoms with van der Waals surface area (Å²) in [5, 5.41) is 5.30. The van der Waals surface area contributed by atoms with Crippen molar-refractivity contribution in [1.29, 1.82) is 0 Å². The topological polar surface area (TPSA) is 84.2 Å². The van der Waals surface area contributed by atoms with Crippen molar-refractivity contribution in [2.75, 3.05) is 12.8 Å². The second-order valence-electron chi connectivity index (χ2n) is 5.11. The summed E-state index contributed by atoms with van der Waals surface area (Å²) in [6, 6.07) is 7.38. The van der Waals surface area contributed by atoms with Crippen molar-refractivity contribution in [3.8, 4) is 0 Å². The van der Waals surface area contributed by atoms with E-state index in [9.17, 15) is 9.59 Å². The van der Waals surface area contributed by atoms with Gasteiger partial charge in [0.25, 0.3) is 0 Å². The lowest BCUT2D eigenvalue weighted by molar-refractivity contribution is -0.127. The third-order valence-corrected chi connectivity index (χ3v) is 3.84. The van der Waals surface area contributed by atoms with E-state index in [0.29, 0.717) is 6.54 Å². The highest BCUT2D eigenvalue weighted by Crippen LogP contribution is 2.14. The Morgan fingerprint density at radius 3 is 2.33 bits per heavy atom. The fourth-order valence-electron chi connectivity index (χ4n) is 1.59. The largest absolute Gasteiger partial charge is 0.350 e. The van der Waals surface area contributed by atoms with Crippen LogP contribution in [0, 0.1) is 5.92 Å². The molecule has 4 N–H and O–H groups in total. The van der Waals surface area contributed by atoms with Gasteiger partial charge in [0.1, 0.15) is 0 Å². The molecule has 1 atom stereocenters.